The largest absolute Gasteiger partial charge is 0.417 e. The smallest absolute Gasteiger partial charge is 0.355 e. The Labute approximate surface area is 147 Å². The van der Waals surface area contributed by atoms with Crippen molar-refractivity contribution in [3.05, 3.63) is 46.4 Å². The predicted molar refractivity (Wildman–Crippen MR) is 89.2 cm³/mol. The average molecular weight is 370 g/mol. The van der Waals surface area contributed by atoms with Gasteiger partial charge in [0.1, 0.15) is 0 Å². The fourth-order valence-electron chi connectivity index (χ4n) is 2.58. The second kappa shape index (κ2) is 7.03. The van der Waals surface area contributed by atoms with Gasteiger partial charge in [-0.15, -0.1) is 0 Å². The first kappa shape index (κ1) is 19.2. The second-order valence-electron chi connectivity index (χ2n) is 5.69. The Morgan fingerprint density at radius 1 is 1.24 bits per heavy atom. The number of Topliss-reactive ketones (excluding diaryl/α,β-unsaturated/α-hetero) is 2. The van der Waals surface area contributed by atoms with Crippen LogP contribution < -0.4 is 0 Å². The number of nitrogens with zero attached hydrogens (tertiary/aromatic N) is 1. The summed E-state index contributed by atoms with van der Waals surface area (Å²) in [4.78, 5) is 31.0. The third-order valence-corrected chi connectivity index (χ3v) is 4.82. The van der Waals surface area contributed by atoms with Gasteiger partial charge in [0.15, 0.2) is 11.6 Å². The maximum atomic E-state index is 12.6. The summed E-state index contributed by atoms with van der Waals surface area (Å²) in [6, 6.07) is 2.18. The van der Waals surface area contributed by atoms with Crippen LogP contribution in [-0.4, -0.2) is 26.8 Å². The van der Waals surface area contributed by atoms with Gasteiger partial charge in [0, 0.05) is 17.5 Å². The zero-order valence-electron chi connectivity index (χ0n) is 14.1. The van der Waals surface area contributed by atoms with Gasteiger partial charge in [0.05, 0.1) is 21.5 Å². The fourth-order valence-corrected chi connectivity index (χ4v) is 3.43. The molecular weight excluding hydrogens is 353 g/mol. The first-order valence-electron chi connectivity index (χ1n) is 7.46. The lowest BCUT2D eigenvalue weighted by Gasteiger charge is -2.11. The third-order valence-electron chi connectivity index (χ3n) is 3.77. The number of aromatic nitrogens is 2. The van der Waals surface area contributed by atoms with Crippen molar-refractivity contribution in [2.24, 2.45) is 0 Å². The molecule has 0 unspecified atom stereocenters. The molecule has 2 aromatic heterocycles. The third kappa shape index (κ3) is 4.12. The summed E-state index contributed by atoms with van der Waals surface area (Å²) in [6.45, 7) is 6.49. The SMILES string of the molecule is CC(=O)c1c(C)[nH]c(C(=O)[C@H](C)Sc2ccc(C(F)(F)F)cn2)c1C. The van der Waals surface area contributed by atoms with Crippen molar-refractivity contribution in [3.8, 4) is 0 Å². The van der Waals surface area contributed by atoms with Gasteiger partial charge in [0.2, 0.25) is 0 Å². The van der Waals surface area contributed by atoms with Gasteiger partial charge in [-0.1, -0.05) is 11.8 Å². The molecule has 0 aromatic carbocycles. The number of carbonyl (C=O) groups is 2. The lowest BCUT2D eigenvalue weighted by molar-refractivity contribution is -0.137. The second-order valence-corrected chi connectivity index (χ2v) is 7.05. The zero-order chi connectivity index (χ0) is 18.9. The number of carbonyl (C=O) groups excluding carboxylic acids is 2. The fraction of sp³-hybridized carbons (Fsp3) is 0.353. The van der Waals surface area contributed by atoms with E-state index in [1.54, 1.807) is 20.8 Å². The van der Waals surface area contributed by atoms with Gasteiger partial charge in [-0.2, -0.15) is 13.2 Å². The molecule has 4 nitrogen and oxygen atoms in total. The molecule has 2 aromatic rings. The monoisotopic (exact) mass is 370 g/mol. The molecular formula is C17H17F3N2O2S. The number of nitrogens with one attached hydrogen (secondary N) is 1. The van der Waals surface area contributed by atoms with Crippen LogP contribution in [0.4, 0.5) is 13.2 Å². The number of hydrogen-bond donors (Lipinski definition) is 1. The molecule has 0 aliphatic carbocycles. The van der Waals surface area contributed by atoms with Gasteiger partial charge >= 0.3 is 6.18 Å². The molecule has 2 rings (SSSR count). The van der Waals surface area contributed by atoms with E-state index < -0.39 is 17.0 Å². The lowest BCUT2D eigenvalue weighted by Crippen LogP contribution is -2.15. The van der Waals surface area contributed by atoms with Gasteiger partial charge in [-0.25, -0.2) is 4.98 Å². The number of aromatic amines is 1. The summed E-state index contributed by atoms with van der Waals surface area (Å²) in [6.07, 6.45) is -3.70. The first-order chi connectivity index (χ1) is 11.5. The molecule has 0 aliphatic rings. The highest BCUT2D eigenvalue weighted by Gasteiger charge is 2.31. The van der Waals surface area contributed by atoms with Crippen LogP contribution in [0.5, 0.6) is 0 Å². The number of pyridine rings is 1. The van der Waals surface area contributed by atoms with Crippen molar-refractivity contribution >= 4 is 23.3 Å². The van der Waals surface area contributed by atoms with E-state index in [0.717, 1.165) is 24.0 Å². The minimum atomic E-state index is -4.44. The summed E-state index contributed by atoms with van der Waals surface area (Å²) in [5.41, 5.74) is 1.21. The molecule has 0 saturated heterocycles. The maximum absolute atomic E-state index is 12.6. The van der Waals surface area contributed by atoms with Crippen molar-refractivity contribution in [1.29, 1.82) is 0 Å². The Bertz CT molecular complexity index is 811. The van der Waals surface area contributed by atoms with E-state index in [1.165, 1.54) is 13.0 Å². The molecule has 1 atom stereocenters. The number of hydrogen-bond acceptors (Lipinski definition) is 4. The van der Waals surface area contributed by atoms with E-state index >= 15 is 0 Å². The van der Waals surface area contributed by atoms with Crippen LogP contribution in [0.3, 0.4) is 0 Å². The van der Waals surface area contributed by atoms with Crippen LogP contribution in [0.1, 0.15) is 51.5 Å². The highest BCUT2D eigenvalue weighted by molar-refractivity contribution is 8.00. The maximum Gasteiger partial charge on any atom is 0.417 e. The molecule has 8 heteroatoms. The molecule has 0 bridgehead atoms. The molecule has 2 heterocycles. The standard InChI is InChI=1S/C17H17F3N2O2S/c1-8-14(10(3)23)9(2)22-15(8)16(24)11(4)25-13-6-5-12(7-21-13)17(18,19)20/h5-7,11,22H,1-4H3/t11-/m0/s1. The van der Waals surface area contributed by atoms with Crippen molar-refractivity contribution < 1.29 is 22.8 Å². The predicted octanol–water partition coefficient (Wildman–Crippen LogP) is 4.61. The molecule has 134 valence electrons. The average Bonchev–Trinajstić information content (AvgIpc) is 2.80. The number of rotatable bonds is 5. The van der Waals surface area contributed by atoms with Gasteiger partial charge in [-0.05, 0) is 45.4 Å². The molecule has 25 heavy (non-hydrogen) atoms. The molecule has 0 amide bonds. The van der Waals surface area contributed by atoms with Crippen LogP contribution in [0.25, 0.3) is 0 Å². The summed E-state index contributed by atoms with van der Waals surface area (Å²) in [5.74, 6) is -0.366. The Morgan fingerprint density at radius 2 is 1.88 bits per heavy atom. The van der Waals surface area contributed by atoms with Crippen LogP contribution in [0, 0.1) is 13.8 Å². The Hall–Kier alpha value is -2.09. The van der Waals surface area contributed by atoms with Gasteiger partial charge < -0.3 is 4.98 Å². The molecule has 0 saturated carbocycles. The molecule has 0 radical (unpaired) electrons. The van der Waals surface area contributed by atoms with E-state index in [0.29, 0.717) is 27.5 Å². The molecule has 1 N–H and O–H groups in total. The van der Waals surface area contributed by atoms with E-state index in [-0.39, 0.29) is 11.6 Å². The van der Waals surface area contributed by atoms with Crippen LogP contribution >= 0.6 is 11.8 Å². The van der Waals surface area contributed by atoms with E-state index in [9.17, 15) is 22.8 Å². The van der Waals surface area contributed by atoms with Crippen LogP contribution in [0.2, 0.25) is 0 Å². The zero-order valence-corrected chi connectivity index (χ0v) is 14.9. The van der Waals surface area contributed by atoms with E-state index in [2.05, 4.69) is 9.97 Å². The molecule has 0 aliphatic heterocycles. The lowest BCUT2D eigenvalue weighted by atomic mass is 10.0. The summed E-state index contributed by atoms with van der Waals surface area (Å²) in [7, 11) is 0. The number of ketones is 2. The Balaban J connectivity index is 2.19. The van der Waals surface area contributed by atoms with Crippen molar-refractivity contribution in [1.82, 2.24) is 9.97 Å². The quantitative estimate of drug-likeness (QED) is 0.617. The number of aryl methyl sites for hydroxylation is 1. The van der Waals surface area contributed by atoms with Crippen molar-refractivity contribution in [2.45, 2.75) is 44.1 Å². The minimum Gasteiger partial charge on any atom is -0.355 e. The number of H-pyrrole nitrogens is 1. The number of halogens is 3. The van der Waals surface area contributed by atoms with Gasteiger partial charge in [-0.3, -0.25) is 9.59 Å². The Kier molecular flexibility index (Phi) is 5.41. The first-order valence-corrected chi connectivity index (χ1v) is 8.34. The van der Waals surface area contributed by atoms with Crippen molar-refractivity contribution in [3.63, 3.8) is 0 Å². The summed E-state index contributed by atoms with van der Waals surface area (Å²) in [5, 5.41) is -0.248. The van der Waals surface area contributed by atoms with Gasteiger partial charge in [0.25, 0.3) is 0 Å². The Morgan fingerprint density at radius 3 is 2.32 bits per heavy atom. The van der Waals surface area contributed by atoms with E-state index in [1.807, 2.05) is 0 Å². The minimum absolute atomic E-state index is 0.130. The summed E-state index contributed by atoms with van der Waals surface area (Å²) < 4.78 is 37.6. The number of thioether (sulfide) groups is 1. The highest BCUT2D eigenvalue weighted by atomic mass is 32.2. The highest BCUT2D eigenvalue weighted by Crippen LogP contribution is 2.31. The van der Waals surface area contributed by atoms with Crippen molar-refractivity contribution in [2.75, 3.05) is 0 Å². The summed E-state index contributed by atoms with van der Waals surface area (Å²) >= 11 is 1.07. The van der Waals surface area contributed by atoms with E-state index in [4.69, 9.17) is 0 Å². The molecule has 0 fully saturated rings. The van der Waals surface area contributed by atoms with Crippen LogP contribution in [0.15, 0.2) is 23.4 Å². The molecule has 0 spiro atoms. The van der Waals surface area contributed by atoms with Crippen LogP contribution in [-0.2, 0) is 6.18 Å². The normalized spacial score (nSPS) is 12.9. The number of alkyl halides is 3. The topological polar surface area (TPSA) is 62.8 Å².